The van der Waals surface area contributed by atoms with Crippen LogP contribution in [0.2, 0.25) is 0 Å². The van der Waals surface area contributed by atoms with Crippen LogP contribution in [0.15, 0.2) is 0 Å². The smallest absolute Gasteiger partial charge is 0.189 e. The molecule has 1 aliphatic rings. The summed E-state index contributed by atoms with van der Waals surface area (Å²) >= 11 is 0. The molecule has 1 saturated heterocycles. The first-order valence-electron chi connectivity index (χ1n) is 4.72. The molecule has 0 amide bonds. The van der Waals surface area contributed by atoms with Crippen molar-refractivity contribution in [2.75, 3.05) is 13.7 Å². The molecule has 0 aromatic carbocycles. The number of aliphatic hydroxyl groups excluding tert-OH is 2. The summed E-state index contributed by atoms with van der Waals surface area (Å²) in [6.07, 6.45) is -5.16. The van der Waals surface area contributed by atoms with Gasteiger partial charge in [-0.1, -0.05) is 0 Å². The lowest BCUT2D eigenvalue weighted by atomic mass is 10.1. The summed E-state index contributed by atoms with van der Waals surface area (Å²) < 4.78 is 29.0. The van der Waals surface area contributed by atoms with E-state index in [9.17, 15) is 4.39 Å². The topological polar surface area (TPSA) is 68.2 Å². The average molecular weight is 224 g/mol. The molecule has 15 heavy (non-hydrogen) atoms. The molecule has 5 nitrogen and oxygen atoms in total. The molecule has 0 aromatic rings. The van der Waals surface area contributed by atoms with Gasteiger partial charge in [0.15, 0.2) is 18.2 Å². The van der Waals surface area contributed by atoms with E-state index < -0.39 is 37.1 Å². The first kappa shape index (κ1) is 12.8. The van der Waals surface area contributed by atoms with Gasteiger partial charge in [-0.3, -0.25) is 0 Å². The van der Waals surface area contributed by atoms with Crippen LogP contribution in [0.5, 0.6) is 0 Å². The SMILES string of the molecule is CO[C@@H]1OC(C)(C)O[C@@H]1[C@@H](F)[C@H](O)CO. The van der Waals surface area contributed by atoms with Crippen LogP contribution < -0.4 is 0 Å². The van der Waals surface area contributed by atoms with Gasteiger partial charge in [-0.25, -0.2) is 4.39 Å². The van der Waals surface area contributed by atoms with Crippen molar-refractivity contribution in [3.8, 4) is 0 Å². The highest BCUT2D eigenvalue weighted by molar-refractivity contribution is 4.85. The van der Waals surface area contributed by atoms with E-state index in [0.717, 1.165) is 0 Å². The lowest BCUT2D eigenvalue weighted by molar-refractivity contribution is -0.183. The Labute approximate surface area is 87.7 Å². The van der Waals surface area contributed by atoms with Crippen molar-refractivity contribution in [3.05, 3.63) is 0 Å². The maximum Gasteiger partial charge on any atom is 0.189 e. The molecule has 1 fully saturated rings. The summed E-state index contributed by atoms with van der Waals surface area (Å²) in [5.74, 6) is -0.954. The zero-order chi connectivity index (χ0) is 11.6. The second-order valence-corrected chi connectivity index (χ2v) is 3.90. The lowest BCUT2D eigenvalue weighted by Gasteiger charge is -2.22. The third-order valence-corrected chi connectivity index (χ3v) is 2.19. The Morgan fingerprint density at radius 1 is 1.47 bits per heavy atom. The van der Waals surface area contributed by atoms with Crippen molar-refractivity contribution in [1.29, 1.82) is 0 Å². The maximum atomic E-state index is 13.6. The van der Waals surface area contributed by atoms with Gasteiger partial charge in [0.05, 0.1) is 6.61 Å². The molecule has 0 radical (unpaired) electrons. The Bertz CT molecular complexity index is 211. The highest BCUT2D eigenvalue weighted by Crippen LogP contribution is 2.32. The molecule has 0 aromatic heterocycles. The van der Waals surface area contributed by atoms with Gasteiger partial charge in [0.25, 0.3) is 0 Å². The third-order valence-electron chi connectivity index (χ3n) is 2.19. The number of methoxy groups -OCH3 is 1. The summed E-state index contributed by atoms with van der Waals surface area (Å²) in [4.78, 5) is 0. The number of hydrogen-bond donors (Lipinski definition) is 2. The van der Waals surface area contributed by atoms with Gasteiger partial charge < -0.3 is 24.4 Å². The number of alkyl halides is 1. The van der Waals surface area contributed by atoms with Crippen molar-refractivity contribution in [2.24, 2.45) is 0 Å². The molecule has 0 saturated carbocycles. The lowest BCUT2D eigenvalue weighted by Crippen LogP contribution is -2.42. The van der Waals surface area contributed by atoms with Crippen molar-refractivity contribution in [2.45, 2.75) is 44.3 Å². The van der Waals surface area contributed by atoms with E-state index in [2.05, 4.69) is 0 Å². The van der Waals surface area contributed by atoms with Crippen LogP contribution in [0.25, 0.3) is 0 Å². The molecule has 0 spiro atoms. The zero-order valence-corrected chi connectivity index (χ0v) is 9.01. The minimum Gasteiger partial charge on any atom is -0.394 e. The van der Waals surface area contributed by atoms with E-state index in [4.69, 9.17) is 24.4 Å². The predicted molar refractivity (Wildman–Crippen MR) is 48.8 cm³/mol. The van der Waals surface area contributed by atoms with Crippen LogP contribution in [0.1, 0.15) is 13.8 Å². The summed E-state index contributed by atoms with van der Waals surface area (Å²) in [6, 6.07) is 0. The molecule has 1 heterocycles. The summed E-state index contributed by atoms with van der Waals surface area (Å²) in [7, 11) is 1.36. The monoisotopic (exact) mass is 224 g/mol. The molecule has 0 aliphatic carbocycles. The van der Waals surface area contributed by atoms with Crippen molar-refractivity contribution in [1.82, 2.24) is 0 Å². The van der Waals surface area contributed by atoms with E-state index in [-0.39, 0.29) is 0 Å². The van der Waals surface area contributed by atoms with Crippen LogP contribution in [-0.2, 0) is 14.2 Å². The van der Waals surface area contributed by atoms with E-state index in [1.807, 2.05) is 0 Å². The summed E-state index contributed by atoms with van der Waals surface area (Å²) in [6.45, 7) is 2.58. The number of hydrogen-bond acceptors (Lipinski definition) is 5. The molecule has 2 N–H and O–H groups in total. The number of rotatable bonds is 4. The van der Waals surface area contributed by atoms with E-state index >= 15 is 0 Å². The maximum absolute atomic E-state index is 13.6. The van der Waals surface area contributed by atoms with Crippen LogP contribution in [-0.4, -0.2) is 54.4 Å². The number of halogens is 1. The fourth-order valence-corrected chi connectivity index (χ4v) is 1.47. The fraction of sp³-hybridized carbons (Fsp3) is 1.00. The highest BCUT2D eigenvalue weighted by atomic mass is 19.1. The van der Waals surface area contributed by atoms with Crippen LogP contribution in [0.3, 0.4) is 0 Å². The van der Waals surface area contributed by atoms with Crippen molar-refractivity contribution >= 4 is 0 Å². The molecular weight excluding hydrogens is 207 g/mol. The average Bonchev–Trinajstić information content (AvgIpc) is 2.51. The molecule has 6 heteroatoms. The van der Waals surface area contributed by atoms with Gasteiger partial charge in [-0.05, 0) is 13.8 Å². The largest absolute Gasteiger partial charge is 0.394 e. The van der Waals surface area contributed by atoms with E-state index in [1.54, 1.807) is 13.8 Å². The van der Waals surface area contributed by atoms with Crippen LogP contribution in [0.4, 0.5) is 4.39 Å². The Kier molecular flexibility index (Phi) is 4.02. The molecule has 0 unspecified atom stereocenters. The van der Waals surface area contributed by atoms with Gasteiger partial charge in [0.1, 0.15) is 12.2 Å². The van der Waals surface area contributed by atoms with Crippen LogP contribution >= 0.6 is 0 Å². The standard InChI is InChI=1S/C9H17FO5/c1-9(2)14-7(8(13-3)15-9)6(10)5(12)4-11/h5-8,11-12H,4H2,1-3H3/t5-,6+,7-,8-/m1/s1. The van der Waals surface area contributed by atoms with Gasteiger partial charge in [0.2, 0.25) is 0 Å². The predicted octanol–water partition coefficient (Wildman–Crippen LogP) is -0.198. The fourth-order valence-electron chi connectivity index (χ4n) is 1.47. The second kappa shape index (κ2) is 4.71. The third kappa shape index (κ3) is 2.85. The van der Waals surface area contributed by atoms with E-state index in [0.29, 0.717) is 0 Å². The minimum atomic E-state index is -1.75. The molecular formula is C9H17FO5. The van der Waals surface area contributed by atoms with Gasteiger partial charge in [0, 0.05) is 7.11 Å². The minimum absolute atomic E-state index is 0.669. The first-order valence-corrected chi connectivity index (χ1v) is 4.72. The Morgan fingerprint density at radius 2 is 2.07 bits per heavy atom. The second-order valence-electron chi connectivity index (χ2n) is 3.90. The Hall–Kier alpha value is -0.270. The summed E-state index contributed by atoms with van der Waals surface area (Å²) in [5.41, 5.74) is 0. The molecule has 4 atom stereocenters. The van der Waals surface area contributed by atoms with Gasteiger partial charge in [-0.15, -0.1) is 0 Å². The number of aliphatic hydroxyl groups is 2. The van der Waals surface area contributed by atoms with Crippen LogP contribution in [0, 0.1) is 0 Å². The van der Waals surface area contributed by atoms with E-state index in [1.165, 1.54) is 7.11 Å². The molecule has 1 aliphatic heterocycles. The quantitative estimate of drug-likeness (QED) is 0.692. The zero-order valence-electron chi connectivity index (χ0n) is 9.01. The molecule has 0 bridgehead atoms. The van der Waals surface area contributed by atoms with Crippen molar-refractivity contribution < 1.29 is 28.8 Å². The first-order chi connectivity index (χ1) is 6.91. The Balaban J connectivity index is 2.68. The van der Waals surface area contributed by atoms with Gasteiger partial charge in [-0.2, -0.15) is 0 Å². The van der Waals surface area contributed by atoms with Gasteiger partial charge >= 0.3 is 0 Å². The van der Waals surface area contributed by atoms with Crippen molar-refractivity contribution in [3.63, 3.8) is 0 Å². The highest BCUT2D eigenvalue weighted by Gasteiger charge is 2.47. The normalized spacial score (nSPS) is 34.0. The Morgan fingerprint density at radius 3 is 2.53 bits per heavy atom. The molecule has 1 rings (SSSR count). The molecule has 90 valence electrons. The number of ether oxygens (including phenoxy) is 3. The summed E-state index contributed by atoms with van der Waals surface area (Å²) in [5, 5.41) is 17.8.